The van der Waals surface area contributed by atoms with Crippen molar-refractivity contribution < 1.29 is 0 Å². The summed E-state index contributed by atoms with van der Waals surface area (Å²) in [7, 11) is 0. The van der Waals surface area contributed by atoms with E-state index in [-0.39, 0.29) is 0 Å². The van der Waals surface area contributed by atoms with E-state index in [9.17, 15) is 0 Å². The van der Waals surface area contributed by atoms with Crippen LogP contribution in [-0.2, 0) is 0 Å². The first-order chi connectivity index (χ1) is 12.7. The molecule has 2 aromatic heterocycles. The first-order valence-electron chi connectivity index (χ1n) is 8.16. The van der Waals surface area contributed by atoms with E-state index in [1.165, 1.54) is 41.1 Å². The van der Waals surface area contributed by atoms with Gasteiger partial charge in [0.2, 0.25) is 0 Å². The molecule has 4 heteroatoms. The third-order valence-corrected chi connectivity index (χ3v) is 8.08. The quantitative estimate of drug-likeness (QED) is 0.227. The average molecular weight is 500 g/mol. The molecule has 0 bridgehead atoms. The van der Waals surface area contributed by atoms with Gasteiger partial charge in [0.05, 0.1) is 0 Å². The highest BCUT2D eigenvalue weighted by Gasteiger charge is 2.11. The molecule has 0 nitrogen and oxygen atoms in total. The van der Waals surface area contributed by atoms with Crippen molar-refractivity contribution in [2.24, 2.45) is 0 Å². The molecule has 0 radical (unpaired) electrons. The standard InChI is InChI=1S/C22H12Br2S2/c23-17-7-3-1-5-15(17)21-11-13-9-20-14(10-19(13)25-21)12-22(26-20)16-6-2-4-8-18(16)24/h1-12H. The van der Waals surface area contributed by atoms with E-state index in [0.717, 1.165) is 8.95 Å². The second-order valence-electron chi connectivity index (χ2n) is 6.11. The third-order valence-electron chi connectivity index (χ3n) is 4.43. The molecule has 26 heavy (non-hydrogen) atoms. The molecule has 0 saturated carbocycles. The van der Waals surface area contributed by atoms with E-state index >= 15 is 0 Å². The molecule has 0 amide bonds. The predicted octanol–water partition coefficient (Wildman–Crippen LogP) is 8.97. The summed E-state index contributed by atoms with van der Waals surface area (Å²) in [5, 5.41) is 2.63. The Bertz CT molecular complexity index is 1120. The lowest BCUT2D eigenvalue weighted by molar-refractivity contribution is 1.65. The summed E-state index contributed by atoms with van der Waals surface area (Å²) >= 11 is 11.1. The Balaban J connectivity index is 1.66. The number of hydrogen-bond acceptors (Lipinski definition) is 2. The zero-order chi connectivity index (χ0) is 17.7. The Kier molecular flexibility index (Phi) is 4.24. The summed E-state index contributed by atoms with van der Waals surface area (Å²) in [6.07, 6.45) is 0. The van der Waals surface area contributed by atoms with Crippen molar-refractivity contribution in [3.8, 4) is 20.9 Å². The minimum absolute atomic E-state index is 1.14. The minimum atomic E-state index is 1.14. The van der Waals surface area contributed by atoms with Gasteiger partial charge in [-0.3, -0.25) is 0 Å². The summed E-state index contributed by atoms with van der Waals surface area (Å²) in [6, 6.07) is 26.1. The van der Waals surface area contributed by atoms with E-state index in [1.54, 1.807) is 0 Å². The van der Waals surface area contributed by atoms with Gasteiger partial charge >= 0.3 is 0 Å². The molecule has 0 saturated heterocycles. The van der Waals surface area contributed by atoms with E-state index < -0.39 is 0 Å². The number of hydrogen-bond donors (Lipinski definition) is 0. The van der Waals surface area contributed by atoms with Crippen molar-refractivity contribution in [1.29, 1.82) is 0 Å². The monoisotopic (exact) mass is 498 g/mol. The molecule has 126 valence electrons. The van der Waals surface area contributed by atoms with Crippen LogP contribution in [0.15, 0.2) is 81.7 Å². The molecule has 0 aliphatic carbocycles. The molecular weight excluding hydrogens is 488 g/mol. The van der Waals surface area contributed by atoms with Gasteiger partial charge in [0, 0.05) is 39.2 Å². The molecule has 0 spiro atoms. The van der Waals surface area contributed by atoms with Crippen LogP contribution in [0.3, 0.4) is 0 Å². The predicted molar refractivity (Wildman–Crippen MR) is 123 cm³/mol. The molecule has 0 unspecified atom stereocenters. The van der Waals surface area contributed by atoms with Crippen LogP contribution in [0, 0.1) is 0 Å². The molecule has 0 fully saturated rings. The van der Waals surface area contributed by atoms with Crippen molar-refractivity contribution >= 4 is 74.7 Å². The van der Waals surface area contributed by atoms with Crippen LogP contribution in [0.25, 0.3) is 41.1 Å². The lowest BCUT2D eigenvalue weighted by atomic mass is 10.1. The molecule has 3 aromatic carbocycles. The maximum Gasteiger partial charge on any atom is 0.0366 e. The zero-order valence-electron chi connectivity index (χ0n) is 13.5. The van der Waals surface area contributed by atoms with Crippen molar-refractivity contribution in [3.05, 3.63) is 81.7 Å². The Labute approximate surface area is 176 Å². The smallest absolute Gasteiger partial charge is 0.0366 e. The van der Waals surface area contributed by atoms with Crippen LogP contribution in [0.1, 0.15) is 0 Å². The maximum absolute atomic E-state index is 3.67. The molecular formula is C22H12Br2S2. The van der Waals surface area contributed by atoms with Crippen LogP contribution in [0.2, 0.25) is 0 Å². The molecule has 0 aliphatic heterocycles. The number of rotatable bonds is 2. The van der Waals surface area contributed by atoms with E-state index in [1.807, 2.05) is 22.7 Å². The van der Waals surface area contributed by atoms with Crippen molar-refractivity contribution in [1.82, 2.24) is 0 Å². The van der Waals surface area contributed by atoms with Gasteiger partial charge in [-0.2, -0.15) is 0 Å². The average Bonchev–Trinajstić information content (AvgIpc) is 3.23. The lowest BCUT2D eigenvalue weighted by Gasteiger charge is -1.99. The van der Waals surface area contributed by atoms with Crippen LogP contribution in [0.4, 0.5) is 0 Å². The third kappa shape index (κ3) is 2.85. The fourth-order valence-corrected chi connectivity index (χ4v) is 6.68. The van der Waals surface area contributed by atoms with Gasteiger partial charge < -0.3 is 0 Å². The van der Waals surface area contributed by atoms with Gasteiger partial charge in [0.15, 0.2) is 0 Å². The molecule has 5 aromatic rings. The van der Waals surface area contributed by atoms with Gasteiger partial charge in [0.25, 0.3) is 0 Å². The van der Waals surface area contributed by atoms with E-state index in [4.69, 9.17) is 0 Å². The van der Waals surface area contributed by atoms with Gasteiger partial charge in [-0.15, -0.1) is 22.7 Å². The highest BCUT2D eigenvalue weighted by atomic mass is 79.9. The highest BCUT2D eigenvalue weighted by molar-refractivity contribution is 9.11. The van der Waals surface area contributed by atoms with Gasteiger partial charge in [-0.05, 0) is 47.2 Å². The van der Waals surface area contributed by atoms with Crippen LogP contribution in [-0.4, -0.2) is 0 Å². The molecule has 0 N–H and O–H groups in total. The summed E-state index contributed by atoms with van der Waals surface area (Å²) in [6.45, 7) is 0. The normalized spacial score (nSPS) is 11.5. The van der Waals surface area contributed by atoms with Gasteiger partial charge in [-0.25, -0.2) is 0 Å². The highest BCUT2D eigenvalue weighted by Crippen LogP contribution is 2.42. The number of benzene rings is 3. The maximum atomic E-state index is 3.67. The first-order valence-corrected chi connectivity index (χ1v) is 11.4. The van der Waals surface area contributed by atoms with Crippen LogP contribution in [0.5, 0.6) is 0 Å². The van der Waals surface area contributed by atoms with Gasteiger partial charge in [-0.1, -0.05) is 68.3 Å². The zero-order valence-corrected chi connectivity index (χ0v) is 18.3. The first kappa shape index (κ1) is 16.7. The SMILES string of the molecule is Brc1ccccc1-c1cc2cc3sc(-c4ccccc4Br)cc3cc2s1. The van der Waals surface area contributed by atoms with Gasteiger partial charge in [0.1, 0.15) is 0 Å². The number of fused-ring (bicyclic) bond motifs is 2. The number of thiophene rings is 2. The molecule has 0 atom stereocenters. The Morgan fingerprint density at radius 1 is 0.538 bits per heavy atom. The second-order valence-corrected chi connectivity index (χ2v) is 9.99. The summed E-state index contributed by atoms with van der Waals surface area (Å²) in [4.78, 5) is 2.60. The van der Waals surface area contributed by atoms with Crippen LogP contribution >= 0.6 is 54.5 Å². The number of halogens is 2. The van der Waals surface area contributed by atoms with E-state index in [2.05, 4.69) is 105 Å². The summed E-state index contributed by atoms with van der Waals surface area (Å²) < 4.78 is 4.95. The van der Waals surface area contributed by atoms with Crippen molar-refractivity contribution in [2.75, 3.05) is 0 Å². The van der Waals surface area contributed by atoms with Crippen molar-refractivity contribution in [2.45, 2.75) is 0 Å². The largest absolute Gasteiger partial charge is 0.135 e. The minimum Gasteiger partial charge on any atom is -0.135 e. The van der Waals surface area contributed by atoms with Crippen molar-refractivity contribution in [3.63, 3.8) is 0 Å². The van der Waals surface area contributed by atoms with Crippen LogP contribution < -0.4 is 0 Å². The summed E-state index contributed by atoms with van der Waals surface area (Å²) in [5.41, 5.74) is 2.51. The van der Waals surface area contributed by atoms with E-state index in [0.29, 0.717) is 0 Å². The lowest BCUT2D eigenvalue weighted by Crippen LogP contribution is -1.72. The second kappa shape index (κ2) is 6.61. The molecule has 2 heterocycles. The Morgan fingerprint density at radius 3 is 1.38 bits per heavy atom. The Morgan fingerprint density at radius 2 is 0.962 bits per heavy atom. The topological polar surface area (TPSA) is 0 Å². The molecule has 5 rings (SSSR count). The molecule has 0 aliphatic rings. The fourth-order valence-electron chi connectivity index (χ4n) is 3.16. The summed E-state index contributed by atoms with van der Waals surface area (Å²) in [5.74, 6) is 0. The Hall–Kier alpha value is -1.46. The fraction of sp³-hybridized carbons (Fsp3) is 0.